The van der Waals surface area contributed by atoms with Gasteiger partial charge in [0.05, 0.1) is 10.2 Å². The Hall–Kier alpha value is -3.09. The van der Waals surface area contributed by atoms with Gasteiger partial charge in [-0.3, -0.25) is 10.1 Å². The third kappa shape index (κ3) is 4.87. The predicted molar refractivity (Wildman–Crippen MR) is 139 cm³/mol. The Morgan fingerprint density at radius 3 is 2.38 bits per heavy atom. The zero-order valence-electron chi connectivity index (χ0n) is 18.5. The number of hydrogen-bond donors (Lipinski definition) is 2. The van der Waals surface area contributed by atoms with Gasteiger partial charge in [0, 0.05) is 16.8 Å². The normalized spacial score (nSPS) is 11.4. The molecule has 1 amide bonds. The van der Waals surface area contributed by atoms with Gasteiger partial charge < -0.3 is 5.32 Å². The highest BCUT2D eigenvalue weighted by Crippen LogP contribution is 2.32. The average molecular weight is 460 g/mol. The van der Waals surface area contributed by atoms with Crippen LogP contribution in [0, 0.1) is 6.92 Å². The van der Waals surface area contributed by atoms with E-state index in [0.29, 0.717) is 5.56 Å². The molecule has 0 unspecified atom stereocenters. The van der Waals surface area contributed by atoms with Crippen molar-refractivity contribution >= 4 is 50.5 Å². The van der Waals surface area contributed by atoms with Gasteiger partial charge in [-0.2, -0.15) is 0 Å². The molecule has 0 saturated carbocycles. The largest absolute Gasteiger partial charge is 0.332 e. The van der Waals surface area contributed by atoms with Crippen LogP contribution in [0.2, 0.25) is 0 Å². The molecule has 4 nitrogen and oxygen atoms in total. The summed E-state index contributed by atoms with van der Waals surface area (Å²) in [5, 5.41) is 7.15. The topological polar surface area (TPSA) is 54.0 Å². The highest BCUT2D eigenvalue weighted by atomic mass is 32.1. The third-order valence-electron chi connectivity index (χ3n) is 5.26. The van der Waals surface area contributed by atoms with Crippen LogP contribution in [0.5, 0.6) is 0 Å². The second-order valence-electron chi connectivity index (χ2n) is 8.75. The van der Waals surface area contributed by atoms with Crippen LogP contribution in [-0.2, 0) is 5.41 Å². The number of aryl methyl sites for hydroxylation is 1. The fourth-order valence-corrected chi connectivity index (χ4v) is 4.55. The molecule has 6 heteroatoms. The van der Waals surface area contributed by atoms with Crippen LogP contribution >= 0.6 is 23.6 Å². The molecular weight excluding hydrogens is 434 g/mol. The first kappa shape index (κ1) is 22.1. The molecule has 4 aromatic rings. The zero-order chi connectivity index (χ0) is 22.9. The minimum absolute atomic E-state index is 0.0426. The van der Waals surface area contributed by atoms with Gasteiger partial charge in [0.25, 0.3) is 5.91 Å². The first-order chi connectivity index (χ1) is 15.2. The molecule has 0 radical (unpaired) electrons. The summed E-state index contributed by atoms with van der Waals surface area (Å²) in [7, 11) is 0. The van der Waals surface area contributed by atoms with E-state index in [1.807, 2.05) is 61.5 Å². The number of carbonyl (C=O) groups is 1. The maximum atomic E-state index is 12.6. The van der Waals surface area contributed by atoms with Crippen molar-refractivity contribution < 1.29 is 4.79 Å². The van der Waals surface area contributed by atoms with Gasteiger partial charge in [0.15, 0.2) is 5.11 Å². The number of thiocarbonyl (C=S) groups is 1. The summed E-state index contributed by atoms with van der Waals surface area (Å²) >= 11 is 7.05. The Bertz CT molecular complexity index is 1270. The van der Waals surface area contributed by atoms with Gasteiger partial charge in [0.2, 0.25) is 0 Å². The molecule has 0 aliphatic heterocycles. The number of nitrogens with zero attached hydrogens (tertiary/aromatic N) is 1. The number of carbonyl (C=O) groups excluding carboxylic acids is 1. The number of hydrogen-bond acceptors (Lipinski definition) is 4. The fourth-order valence-electron chi connectivity index (χ4n) is 3.38. The van der Waals surface area contributed by atoms with Gasteiger partial charge >= 0.3 is 0 Å². The summed E-state index contributed by atoms with van der Waals surface area (Å²) in [6.07, 6.45) is 0. The molecule has 162 valence electrons. The lowest BCUT2D eigenvalue weighted by Gasteiger charge is -2.19. The number of para-hydroxylation sites is 1. The summed E-state index contributed by atoms with van der Waals surface area (Å²) in [6, 6.07) is 21.8. The quantitative estimate of drug-likeness (QED) is 0.335. The first-order valence-electron chi connectivity index (χ1n) is 10.4. The van der Waals surface area contributed by atoms with Crippen molar-refractivity contribution in [3.8, 4) is 10.6 Å². The molecule has 0 aliphatic carbocycles. The van der Waals surface area contributed by atoms with Crippen LogP contribution < -0.4 is 10.6 Å². The molecule has 1 heterocycles. The van der Waals surface area contributed by atoms with Crippen LogP contribution in [0.3, 0.4) is 0 Å². The molecule has 0 atom stereocenters. The van der Waals surface area contributed by atoms with Gasteiger partial charge in [-0.15, -0.1) is 11.3 Å². The Balaban J connectivity index is 1.43. The SMILES string of the molecule is Cc1cc(-c2nc3ccccc3s2)ccc1NC(=S)NC(=O)c1ccc(C(C)(C)C)cc1. The lowest BCUT2D eigenvalue weighted by molar-refractivity contribution is 0.0977. The number of nitrogens with one attached hydrogen (secondary N) is 2. The minimum Gasteiger partial charge on any atom is -0.332 e. The Labute approximate surface area is 197 Å². The number of aromatic nitrogens is 1. The summed E-state index contributed by atoms with van der Waals surface area (Å²) in [4.78, 5) is 17.3. The Morgan fingerprint density at radius 2 is 1.72 bits per heavy atom. The molecule has 0 bridgehead atoms. The van der Waals surface area contributed by atoms with E-state index in [-0.39, 0.29) is 16.4 Å². The maximum absolute atomic E-state index is 12.6. The van der Waals surface area contributed by atoms with Crippen molar-refractivity contribution in [3.63, 3.8) is 0 Å². The number of anilines is 1. The number of benzene rings is 3. The van der Waals surface area contributed by atoms with Crippen LogP contribution in [0.25, 0.3) is 20.8 Å². The van der Waals surface area contributed by atoms with Crippen molar-refractivity contribution in [2.75, 3.05) is 5.32 Å². The van der Waals surface area contributed by atoms with E-state index in [0.717, 1.165) is 27.3 Å². The number of rotatable bonds is 3. The lowest BCUT2D eigenvalue weighted by Crippen LogP contribution is -2.34. The fraction of sp³-hybridized carbons (Fsp3) is 0.192. The van der Waals surface area contributed by atoms with E-state index in [1.54, 1.807) is 11.3 Å². The lowest BCUT2D eigenvalue weighted by atomic mass is 9.87. The molecule has 2 N–H and O–H groups in total. The van der Waals surface area contributed by atoms with Crippen molar-refractivity contribution in [1.29, 1.82) is 0 Å². The minimum atomic E-state index is -0.230. The number of thiazole rings is 1. The van der Waals surface area contributed by atoms with Gasteiger partial charge in [0.1, 0.15) is 5.01 Å². The van der Waals surface area contributed by atoms with E-state index in [4.69, 9.17) is 17.2 Å². The van der Waals surface area contributed by atoms with Crippen molar-refractivity contribution in [3.05, 3.63) is 83.4 Å². The molecule has 4 rings (SSSR count). The van der Waals surface area contributed by atoms with E-state index in [9.17, 15) is 4.79 Å². The average Bonchev–Trinajstić information content (AvgIpc) is 3.19. The monoisotopic (exact) mass is 459 g/mol. The molecule has 0 aliphatic rings. The van der Waals surface area contributed by atoms with Gasteiger partial charge in [-0.1, -0.05) is 45.0 Å². The van der Waals surface area contributed by atoms with Gasteiger partial charge in [-0.05, 0) is 78.1 Å². The third-order valence-corrected chi connectivity index (χ3v) is 6.55. The van der Waals surface area contributed by atoms with Crippen molar-refractivity contribution in [2.24, 2.45) is 0 Å². The smallest absolute Gasteiger partial charge is 0.257 e. The van der Waals surface area contributed by atoms with E-state index in [1.165, 1.54) is 10.3 Å². The van der Waals surface area contributed by atoms with Crippen LogP contribution in [0.4, 0.5) is 5.69 Å². The summed E-state index contributed by atoms with van der Waals surface area (Å²) in [5.74, 6) is -0.230. The van der Waals surface area contributed by atoms with Crippen LogP contribution in [0.15, 0.2) is 66.7 Å². The second-order valence-corrected chi connectivity index (χ2v) is 10.2. The van der Waals surface area contributed by atoms with Gasteiger partial charge in [-0.25, -0.2) is 4.98 Å². The molecule has 3 aromatic carbocycles. The molecule has 0 saturated heterocycles. The van der Waals surface area contributed by atoms with Crippen molar-refractivity contribution in [1.82, 2.24) is 10.3 Å². The summed E-state index contributed by atoms with van der Waals surface area (Å²) in [5.41, 5.74) is 5.73. The van der Waals surface area contributed by atoms with E-state index < -0.39 is 0 Å². The van der Waals surface area contributed by atoms with Crippen LogP contribution in [0.1, 0.15) is 42.3 Å². The standard InChI is InChI=1S/C26H25N3OS2/c1-16-15-18(24-27-21-7-5-6-8-22(21)32-24)11-14-20(16)28-25(31)29-23(30)17-9-12-19(13-10-17)26(2,3)4/h5-15H,1-4H3,(H2,28,29,30,31). The first-order valence-corrected chi connectivity index (χ1v) is 11.6. The van der Waals surface area contributed by atoms with Crippen LogP contribution in [-0.4, -0.2) is 16.0 Å². The Kier molecular flexibility index (Phi) is 6.09. The highest BCUT2D eigenvalue weighted by molar-refractivity contribution is 7.80. The van der Waals surface area contributed by atoms with E-state index in [2.05, 4.69) is 43.5 Å². The maximum Gasteiger partial charge on any atom is 0.257 e. The molecule has 32 heavy (non-hydrogen) atoms. The predicted octanol–water partition coefficient (Wildman–Crippen LogP) is 6.70. The summed E-state index contributed by atoms with van der Waals surface area (Å²) < 4.78 is 1.17. The molecular formula is C26H25N3OS2. The molecule has 0 fully saturated rings. The molecule has 1 aromatic heterocycles. The second kappa shape index (κ2) is 8.81. The van der Waals surface area contributed by atoms with E-state index >= 15 is 0 Å². The number of amides is 1. The van der Waals surface area contributed by atoms with Crippen molar-refractivity contribution in [2.45, 2.75) is 33.1 Å². The highest BCUT2D eigenvalue weighted by Gasteiger charge is 2.15. The Morgan fingerprint density at radius 1 is 1.00 bits per heavy atom. The molecule has 0 spiro atoms. The summed E-state index contributed by atoms with van der Waals surface area (Å²) in [6.45, 7) is 8.44. The zero-order valence-corrected chi connectivity index (χ0v) is 20.2. The number of fused-ring (bicyclic) bond motifs is 1.